The Hall–Kier alpha value is -2.24. The molecule has 23 heavy (non-hydrogen) atoms. The Morgan fingerprint density at radius 1 is 1.22 bits per heavy atom. The molecule has 0 spiro atoms. The highest BCUT2D eigenvalue weighted by Gasteiger charge is 2.22. The lowest BCUT2D eigenvalue weighted by molar-refractivity contribution is 0.0646. The van der Waals surface area contributed by atoms with E-state index in [0.717, 1.165) is 48.4 Å². The van der Waals surface area contributed by atoms with Crippen LogP contribution < -0.4 is 5.32 Å². The van der Waals surface area contributed by atoms with Gasteiger partial charge in [0.25, 0.3) is 0 Å². The number of ether oxygens (including phenoxy) is 1. The highest BCUT2D eigenvalue weighted by Crippen LogP contribution is 2.28. The van der Waals surface area contributed by atoms with Gasteiger partial charge in [0, 0.05) is 24.7 Å². The Morgan fingerprint density at radius 3 is 2.96 bits per heavy atom. The van der Waals surface area contributed by atoms with Gasteiger partial charge in [0.15, 0.2) is 0 Å². The van der Waals surface area contributed by atoms with E-state index in [1.165, 1.54) is 5.56 Å². The molecule has 1 unspecified atom stereocenters. The standard InChI is InChI=1S/C18H20N4O/c1-13-3-5-14(6-4-13)22-16-11-20-9-7-15(16)18(21-22)17-12-19-8-2-10-23-17/h3-7,9,11,17,19H,2,8,10,12H2,1H3. The average molecular weight is 308 g/mol. The monoisotopic (exact) mass is 308 g/mol. The molecule has 1 fully saturated rings. The third-order valence-corrected chi connectivity index (χ3v) is 4.24. The first-order chi connectivity index (χ1) is 11.3. The van der Waals surface area contributed by atoms with Crippen LogP contribution in [0.2, 0.25) is 0 Å². The zero-order valence-corrected chi connectivity index (χ0v) is 13.2. The molecular weight excluding hydrogens is 288 g/mol. The molecule has 1 aliphatic rings. The minimum Gasteiger partial charge on any atom is -0.370 e. The number of rotatable bonds is 2. The molecule has 3 heterocycles. The van der Waals surface area contributed by atoms with Gasteiger partial charge in [0.1, 0.15) is 11.8 Å². The van der Waals surface area contributed by atoms with Crippen molar-refractivity contribution in [2.75, 3.05) is 19.7 Å². The van der Waals surface area contributed by atoms with Gasteiger partial charge < -0.3 is 10.1 Å². The summed E-state index contributed by atoms with van der Waals surface area (Å²) in [6.45, 7) is 4.64. The van der Waals surface area contributed by atoms with Gasteiger partial charge in [-0.15, -0.1) is 0 Å². The molecule has 2 aromatic heterocycles. The summed E-state index contributed by atoms with van der Waals surface area (Å²) < 4.78 is 7.97. The number of pyridine rings is 1. The fourth-order valence-corrected chi connectivity index (χ4v) is 3.00. The van der Waals surface area contributed by atoms with E-state index in [1.807, 2.05) is 23.1 Å². The van der Waals surface area contributed by atoms with Crippen molar-refractivity contribution < 1.29 is 4.74 Å². The topological polar surface area (TPSA) is 52.0 Å². The molecule has 1 aromatic carbocycles. The molecule has 4 rings (SSSR count). The van der Waals surface area contributed by atoms with Crippen molar-refractivity contribution in [1.29, 1.82) is 0 Å². The Kier molecular flexibility index (Phi) is 3.81. The Morgan fingerprint density at radius 2 is 2.09 bits per heavy atom. The number of hydrogen-bond donors (Lipinski definition) is 1. The second kappa shape index (κ2) is 6.10. The number of nitrogens with one attached hydrogen (secondary N) is 1. The second-order valence-corrected chi connectivity index (χ2v) is 5.94. The third kappa shape index (κ3) is 2.73. The van der Waals surface area contributed by atoms with Crippen LogP contribution in [-0.2, 0) is 4.74 Å². The molecule has 1 saturated heterocycles. The van der Waals surface area contributed by atoms with E-state index in [0.29, 0.717) is 0 Å². The molecule has 0 amide bonds. The number of hydrogen-bond acceptors (Lipinski definition) is 4. The Bertz CT molecular complexity index is 802. The van der Waals surface area contributed by atoms with Gasteiger partial charge in [-0.05, 0) is 38.1 Å². The summed E-state index contributed by atoms with van der Waals surface area (Å²) in [6.07, 6.45) is 4.70. The smallest absolute Gasteiger partial charge is 0.114 e. The van der Waals surface area contributed by atoms with Crippen LogP contribution in [0.25, 0.3) is 16.6 Å². The molecule has 0 radical (unpaired) electrons. The van der Waals surface area contributed by atoms with Gasteiger partial charge in [0.2, 0.25) is 0 Å². The van der Waals surface area contributed by atoms with Crippen LogP contribution in [-0.4, -0.2) is 34.5 Å². The van der Waals surface area contributed by atoms with Crippen molar-refractivity contribution in [3.63, 3.8) is 0 Å². The van der Waals surface area contributed by atoms with Gasteiger partial charge in [-0.3, -0.25) is 4.98 Å². The predicted molar refractivity (Wildman–Crippen MR) is 89.8 cm³/mol. The number of aryl methyl sites for hydroxylation is 1. The summed E-state index contributed by atoms with van der Waals surface area (Å²) in [5.41, 5.74) is 4.28. The molecule has 1 aliphatic heterocycles. The van der Waals surface area contributed by atoms with E-state index < -0.39 is 0 Å². The van der Waals surface area contributed by atoms with E-state index in [1.54, 1.807) is 0 Å². The predicted octanol–water partition coefficient (Wildman–Crippen LogP) is 2.78. The Balaban J connectivity index is 1.84. The van der Waals surface area contributed by atoms with Crippen LogP contribution >= 0.6 is 0 Å². The van der Waals surface area contributed by atoms with Crippen molar-refractivity contribution in [3.05, 3.63) is 54.0 Å². The van der Waals surface area contributed by atoms with Crippen molar-refractivity contribution in [2.24, 2.45) is 0 Å². The molecule has 5 nitrogen and oxygen atoms in total. The summed E-state index contributed by atoms with van der Waals surface area (Å²) in [5, 5.41) is 9.40. The average Bonchev–Trinajstić information content (AvgIpc) is 2.77. The first-order valence-electron chi connectivity index (χ1n) is 8.05. The number of benzene rings is 1. The van der Waals surface area contributed by atoms with Gasteiger partial charge in [0.05, 0.1) is 17.4 Å². The maximum Gasteiger partial charge on any atom is 0.114 e. The molecular formula is C18H20N4O. The van der Waals surface area contributed by atoms with E-state index in [2.05, 4.69) is 41.5 Å². The Labute approximate surface area is 135 Å². The minimum absolute atomic E-state index is 0.0194. The first-order valence-corrected chi connectivity index (χ1v) is 8.05. The lowest BCUT2D eigenvalue weighted by Gasteiger charge is -2.12. The number of aromatic nitrogens is 3. The van der Waals surface area contributed by atoms with Crippen LogP contribution in [0.3, 0.4) is 0 Å². The van der Waals surface area contributed by atoms with Crippen molar-refractivity contribution in [1.82, 2.24) is 20.1 Å². The summed E-state index contributed by atoms with van der Waals surface area (Å²) in [5.74, 6) is 0. The van der Waals surface area contributed by atoms with Crippen LogP contribution in [0.4, 0.5) is 0 Å². The van der Waals surface area contributed by atoms with E-state index in [4.69, 9.17) is 9.84 Å². The van der Waals surface area contributed by atoms with Crippen LogP contribution in [0.5, 0.6) is 0 Å². The summed E-state index contributed by atoms with van der Waals surface area (Å²) >= 11 is 0. The lowest BCUT2D eigenvalue weighted by atomic mass is 10.1. The quantitative estimate of drug-likeness (QED) is 0.791. The summed E-state index contributed by atoms with van der Waals surface area (Å²) in [7, 11) is 0. The first kappa shape index (κ1) is 14.4. The third-order valence-electron chi connectivity index (χ3n) is 4.24. The second-order valence-electron chi connectivity index (χ2n) is 5.94. The number of nitrogens with zero attached hydrogens (tertiary/aromatic N) is 3. The van der Waals surface area contributed by atoms with Crippen LogP contribution in [0, 0.1) is 6.92 Å². The maximum atomic E-state index is 6.01. The fraction of sp³-hybridized carbons (Fsp3) is 0.333. The largest absolute Gasteiger partial charge is 0.370 e. The molecule has 1 atom stereocenters. The molecule has 0 bridgehead atoms. The van der Waals surface area contributed by atoms with Gasteiger partial charge in [-0.25, -0.2) is 4.68 Å². The SMILES string of the molecule is Cc1ccc(-n2nc(C3CNCCCO3)c3ccncc32)cc1. The maximum absolute atomic E-state index is 6.01. The zero-order valence-electron chi connectivity index (χ0n) is 13.2. The molecule has 5 heteroatoms. The van der Waals surface area contributed by atoms with E-state index >= 15 is 0 Å². The van der Waals surface area contributed by atoms with Gasteiger partial charge in [-0.1, -0.05) is 17.7 Å². The highest BCUT2D eigenvalue weighted by molar-refractivity contribution is 5.83. The van der Waals surface area contributed by atoms with Crippen LogP contribution in [0.15, 0.2) is 42.7 Å². The molecule has 0 saturated carbocycles. The van der Waals surface area contributed by atoms with Gasteiger partial charge in [-0.2, -0.15) is 5.10 Å². The summed E-state index contributed by atoms with van der Waals surface area (Å²) in [4.78, 5) is 4.28. The fourth-order valence-electron chi connectivity index (χ4n) is 3.00. The van der Waals surface area contributed by atoms with Crippen LogP contribution in [0.1, 0.15) is 23.8 Å². The van der Waals surface area contributed by atoms with E-state index in [-0.39, 0.29) is 6.10 Å². The normalized spacial score (nSPS) is 18.9. The van der Waals surface area contributed by atoms with Crippen molar-refractivity contribution in [3.8, 4) is 5.69 Å². The van der Waals surface area contributed by atoms with Crippen molar-refractivity contribution >= 4 is 10.9 Å². The summed E-state index contributed by atoms with van der Waals surface area (Å²) in [6, 6.07) is 10.4. The van der Waals surface area contributed by atoms with E-state index in [9.17, 15) is 0 Å². The zero-order chi connectivity index (χ0) is 15.6. The van der Waals surface area contributed by atoms with Crippen molar-refractivity contribution in [2.45, 2.75) is 19.4 Å². The minimum atomic E-state index is -0.0194. The molecule has 3 aromatic rings. The van der Waals surface area contributed by atoms with Gasteiger partial charge >= 0.3 is 0 Å². The highest BCUT2D eigenvalue weighted by atomic mass is 16.5. The molecule has 1 N–H and O–H groups in total. The lowest BCUT2D eigenvalue weighted by Crippen LogP contribution is -2.20. The number of fused-ring (bicyclic) bond motifs is 1. The molecule has 118 valence electrons. The molecule has 0 aliphatic carbocycles.